The lowest BCUT2D eigenvalue weighted by Crippen LogP contribution is -2.60. The molecule has 0 spiro atoms. The molecule has 210 valence electrons. The number of hydrogen-bond acceptors (Lipinski definition) is 8. The lowest BCUT2D eigenvalue weighted by Gasteiger charge is -2.46. The molecule has 0 radical (unpaired) electrons. The molecule has 2 saturated heterocycles. The smallest absolute Gasteiger partial charge is 0.421 e. The molecule has 3 heterocycles. The van der Waals surface area contributed by atoms with Gasteiger partial charge in [0.2, 0.25) is 0 Å². The molecular formula is C24H30F3N3O6S2. The van der Waals surface area contributed by atoms with Gasteiger partial charge in [0.25, 0.3) is 10.0 Å². The highest BCUT2D eigenvalue weighted by atomic mass is 32.2. The third kappa shape index (κ3) is 6.00. The van der Waals surface area contributed by atoms with Gasteiger partial charge in [-0.3, -0.25) is 9.69 Å². The number of morpholine rings is 1. The van der Waals surface area contributed by atoms with Crippen LogP contribution in [0.2, 0.25) is 0 Å². The van der Waals surface area contributed by atoms with Gasteiger partial charge in [0.05, 0.1) is 25.7 Å². The Balaban J connectivity index is 1.62. The van der Waals surface area contributed by atoms with Crippen LogP contribution in [0.15, 0.2) is 46.0 Å². The molecule has 2 N–H and O–H groups in total. The van der Waals surface area contributed by atoms with E-state index in [9.17, 15) is 36.6 Å². The standard InChI is InChI=1S/C24H30F3N3O6S2/c1-23(33,24(25,26)27)17-4-6-18(7-5-17)30-9-8-29(38(34,35)22-3-2-12-37-22)15-20(30)14-28-10-11-36-16-19(28)13-21(31)32/h2-7,12,19-20,33H,8-11,13-16H2,1H3,(H,31,32)/t19-,20-,23-/m0/s1. The Morgan fingerprint density at radius 1 is 1.13 bits per heavy atom. The number of halogens is 3. The molecule has 0 amide bonds. The second-order valence-corrected chi connectivity index (χ2v) is 12.7. The SMILES string of the molecule is C[C@](O)(c1ccc(N2CCN(S(=O)(=O)c3cccs3)C[C@@H]2CN2CCOC[C@@H]2CC(=O)O)cc1)C(F)(F)F. The van der Waals surface area contributed by atoms with Crippen molar-refractivity contribution in [2.45, 2.75) is 41.4 Å². The van der Waals surface area contributed by atoms with Gasteiger partial charge in [-0.25, -0.2) is 8.42 Å². The summed E-state index contributed by atoms with van der Waals surface area (Å²) in [5, 5.41) is 21.1. The van der Waals surface area contributed by atoms with Crippen LogP contribution >= 0.6 is 11.3 Å². The summed E-state index contributed by atoms with van der Waals surface area (Å²) in [4.78, 5) is 15.3. The third-order valence-electron chi connectivity index (χ3n) is 7.05. The van der Waals surface area contributed by atoms with E-state index in [1.165, 1.54) is 34.6 Å². The van der Waals surface area contributed by atoms with Crippen LogP contribution in [-0.2, 0) is 25.2 Å². The third-order valence-corrected chi connectivity index (χ3v) is 10.3. The average Bonchev–Trinajstić information content (AvgIpc) is 3.40. The molecule has 1 aromatic heterocycles. The highest BCUT2D eigenvalue weighted by molar-refractivity contribution is 7.91. The number of carbonyl (C=O) groups is 1. The summed E-state index contributed by atoms with van der Waals surface area (Å²) >= 11 is 1.12. The van der Waals surface area contributed by atoms with Crippen LogP contribution < -0.4 is 4.90 Å². The number of thiophene rings is 1. The Hall–Kier alpha value is -2.23. The maximum atomic E-state index is 13.3. The van der Waals surface area contributed by atoms with E-state index in [1.54, 1.807) is 11.4 Å². The minimum Gasteiger partial charge on any atom is -0.481 e. The number of aliphatic hydroxyl groups is 1. The van der Waals surface area contributed by atoms with Crippen molar-refractivity contribution in [2.24, 2.45) is 0 Å². The zero-order valence-corrected chi connectivity index (χ0v) is 22.3. The van der Waals surface area contributed by atoms with Crippen LogP contribution in [0.1, 0.15) is 18.9 Å². The maximum absolute atomic E-state index is 13.3. The number of sulfonamides is 1. The first kappa shape index (κ1) is 28.8. The van der Waals surface area contributed by atoms with Gasteiger partial charge in [-0.2, -0.15) is 17.5 Å². The van der Waals surface area contributed by atoms with Gasteiger partial charge in [0.15, 0.2) is 5.60 Å². The van der Waals surface area contributed by atoms with Crippen LogP contribution in [0, 0.1) is 0 Å². The van der Waals surface area contributed by atoms with Gasteiger partial charge < -0.3 is 19.8 Å². The van der Waals surface area contributed by atoms with E-state index in [0.29, 0.717) is 32.3 Å². The molecule has 0 saturated carbocycles. The summed E-state index contributed by atoms with van der Waals surface area (Å²) in [6.07, 6.45) is -4.99. The number of alkyl halides is 3. The first-order valence-electron chi connectivity index (χ1n) is 12.0. The van der Waals surface area contributed by atoms with Crippen molar-refractivity contribution < 1.29 is 41.3 Å². The zero-order valence-electron chi connectivity index (χ0n) is 20.7. The van der Waals surface area contributed by atoms with Crippen molar-refractivity contribution in [2.75, 3.05) is 50.8 Å². The predicted molar refractivity (Wildman–Crippen MR) is 135 cm³/mol. The van der Waals surface area contributed by atoms with Crippen molar-refractivity contribution >= 4 is 33.0 Å². The van der Waals surface area contributed by atoms with Gasteiger partial charge in [0, 0.05) is 44.5 Å². The van der Waals surface area contributed by atoms with E-state index in [2.05, 4.69) is 0 Å². The number of piperazine rings is 1. The van der Waals surface area contributed by atoms with Crippen molar-refractivity contribution in [3.05, 3.63) is 47.3 Å². The fraction of sp³-hybridized carbons (Fsp3) is 0.542. The molecule has 38 heavy (non-hydrogen) atoms. The second kappa shape index (κ2) is 11.1. The lowest BCUT2D eigenvalue weighted by molar-refractivity contribution is -0.258. The average molecular weight is 578 g/mol. The highest BCUT2D eigenvalue weighted by Gasteiger charge is 2.51. The Labute approximate surface area is 223 Å². The quantitative estimate of drug-likeness (QED) is 0.493. The number of benzene rings is 1. The summed E-state index contributed by atoms with van der Waals surface area (Å²) in [7, 11) is -3.74. The zero-order chi connectivity index (χ0) is 27.7. The molecule has 0 aliphatic carbocycles. The van der Waals surface area contributed by atoms with Crippen LogP contribution in [0.4, 0.5) is 18.9 Å². The normalized spacial score (nSPS) is 23.8. The van der Waals surface area contributed by atoms with Crippen LogP contribution in [-0.4, -0.2) is 98.0 Å². The fourth-order valence-corrected chi connectivity index (χ4v) is 7.42. The summed E-state index contributed by atoms with van der Waals surface area (Å²) in [5.41, 5.74) is -2.75. The van der Waals surface area contributed by atoms with E-state index in [-0.39, 0.29) is 42.4 Å². The van der Waals surface area contributed by atoms with Crippen molar-refractivity contribution in [3.8, 4) is 0 Å². The number of rotatable bonds is 8. The molecule has 9 nitrogen and oxygen atoms in total. The Morgan fingerprint density at radius 3 is 2.45 bits per heavy atom. The summed E-state index contributed by atoms with van der Waals surface area (Å²) in [6, 6.07) is 7.80. The Morgan fingerprint density at radius 2 is 1.84 bits per heavy atom. The highest BCUT2D eigenvalue weighted by Crippen LogP contribution is 2.39. The molecular weight excluding hydrogens is 547 g/mol. The van der Waals surface area contributed by atoms with E-state index in [0.717, 1.165) is 11.3 Å². The number of carboxylic acid groups (broad SMARTS) is 1. The van der Waals surface area contributed by atoms with Crippen molar-refractivity contribution in [1.82, 2.24) is 9.21 Å². The number of hydrogen-bond donors (Lipinski definition) is 2. The molecule has 3 atom stereocenters. The van der Waals surface area contributed by atoms with Crippen LogP contribution in [0.25, 0.3) is 0 Å². The number of nitrogens with zero attached hydrogens (tertiary/aromatic N) is 3. The molecule has 2 aliphatic heterocycles. The Bertz CT molecular complexity index is 1210. The molecule has 1 aromatic carbocycles. The molecule has 0 bridgehead atoms. The number of ether oxygens (including phenoxy) is 1. The van der Waals surface area contributed by atoms with Gasteiger partial charge in [-0.1, -0.05) is 18.2 Å². The van der Waals surface area contributed by atoms with E-state index < -0.39 is 39.9 Å². The van der Waals surface area contributed by atoms with Crippen LogP contribution in [0.3, 0.4) is 0 Å². The maximum Gasteiger partial charge on any atom is 0.421 e. The van der Waals surface area contributed by atoms with Gasteiger partial charge in [0.1, 0.15) is 4.21 Å². The van der Waals surface area contributed by atoms with Gasteiger partial charge in [-0.15, -0.1) is 11.3 Å². The Kier molecular flexibility index (Phi) is 8.40. The number of aliphatic carboxylic acids is 1. The van der Waals surface area contributed by atoms with Crippen LogP contribution in [0.5, 0.6) is 0 Å². The summed E-state index contributed by atoms with van der Waals surface area (Å²) in [5.74, 6) is -0.972. The van der Waals surface area contributed by atoms with Gasteiger partial charge >= 0.3 is 12.1 Å². The first-order valence-corrected chi connectivity index (χ1v) is 14.4. The fourth-order valence-electron chi connectivity index (χ4n) is 4.81. The molecule has 4 rings (SSSR count). The van der Waals surface area contributed by atoms with E-state index in [1.807, 2.05) is 9.80 Å². The minimum atomic E-state index is -4.85. The molecule has 2 aliphatic rings. The van der Waals surface area contributed by atoms with Gasteiger partial charge in [-0.05, 0) is 36.1 Å². The summed E-state index contributed by atoms with van der Waals surface area (Å²) < 4.78 is 73.6. The van der Waals surface area contributed by atoms with Crippen molar-refractivity contribution in [3.63, 3.8) is 0 Å². The number of anilines is 1. The molecule has 2 fully saturated rings. The first-order chi connectivity index (χ1) is 17.8. The molecule has 14 heteroatoms. The van der Waals surface area contributed by atoms with E-state index in [4.69, 9.17) is 4.74 Å². The van der Waals surface area contributed by atoms with E-state index >= 15 is 0 Å². The lowest BCUT2D eigenvalue weighted by atomic mass is 9.95. The largest absolute Gasteiger partial charge is 0.481 e. The molecule has 2 aromatic rings. The predicted octanol–water partition coefficient (Wildman–Crippen LogP) is 2.57. The van der Waals surface area contributed by atoms with Crippen molar-refractivity contribution in [1.29, 1.82) is 0 Å². The molecule has 0 unspecified atom stereocenters. The second-order valence-electron chi connectivity index (χ2n) is 9.58. The summed E-state index contributed by atoms with van der Waals surface area (Å²) in [6.45, 7) is 2.68. The number of carboxylic acids is 1. The minimum absolute atomic E-state index is 0.111. The topological polar surface area (TPSA) is 111 Å². The monoisotopic (exact) mass is 577 g/mol.